The standard InChI is InChI=1S/C16H23ClO3/c1-4-6-7-8-15(16(18)19-5-2)20-14-10-9-13(17)11-12(14)3/h9-11,15H,4-8H2,1-3H3. The molecule has 0 saturated carbocycles. The number of hydrogen-bond donors (Lipinski definition) is 0. The maximum absolute atomic E-state index is 11.9. The number of rotatable bonds is 8. The Labute approximate surface area is 126 Å². The fourth-order valence-corrected chi connectivity index (χ4v) is 2.16. The van der Waals surface area contributed by atoms with Crippen molar-refractivity contribution in [2.45, 2.75) is 52.6 Å². The van der Waals surface area contributed by atoms with Crippen molar-refractivity contribution >= 4 is 17.6 Å². The molecule has 0 heterocycles. The van der Waals surface area contributed by atoms with Crippen LogP contribution in [0, 0.1) is 6.92 Å². The van der Waals surface area contributed by atoms with Crippen molar-refractivity contribution < 1.29 is 14.3 Å². The van der Waals surface area contributed by atoms with Gasteiger partial charge in [0, 0.05) is 5.02 Å². The molecule has 0 amide bonds. The van der Waals surface area contributed by atoms with Gasteiger partial charge in [-0.15, -0.1) is 0 Å². The molecule has 0 aliphatic rings. The molecular weight excluding hydrogens is 276 g/mol. The Kier molecular flexibility index (Phi) is 7.45. The quantitative estimate of drug-likeness (QED) is 0.522. The topological polar surface area (TPSA) is 35.5 Å². The van der Waals surface area contributed by atoms with Crippen molar-refractivity contribution in [3.05, 3.63) is 28.8 Å². The van der Waals surface area contributed by atoms with Crippen LogP contribution >= 0.6 is 11.6 Å². The lowest BCUT2D eigenvalue weighted by Crippen LogP contribution is -2.29. The third-order valence-corrected chi connectivity index (χ3v) is 3.26. The molecule has 0 N–H and O–H groups in total. The molecule has 1 unspecified atom stereocenters. The van der Waals surface area contributed by atoms with E-state index >= 15 is 0 Å². The minimum absolute atomic E-state index is 0.294. The van der Waals surface area contributed by atoms with Gasteiger partial charge in [-0.3, -0.25) is 0 Å². The Bertz CT molecular complexity index is 432. The zero-order valence-corrected chi connectivity index (χ0v) is 13.2. The molecule has 0 spiro atoms. The summed E-state index contributed by atoms with van der Waals surface area (Å²) in [5.41, 5.74) is 0.919. The molecule has 0 saturated heterocycles. The van der Waals surface area contributed by atoms with E-state index in [1.165, 1.54) is 0 Å². The number of carbonyl (C=O) groups is 1. The van der Waals surface area contributed by atoms with E-state index in [1.807, 2.05) is 13.0 Å². The zero-order valence-electron chi connectivity index (χ0n) is 12.4. The summed E-state index contributed by atoms with van der Waals surface area (Å²) in [6, 6.07) is 5.38. The Morgan fingerprint density at radius 2 is 2.05 bits per heavy atom. The summed E-state index contributed by atoms with van der Waals surface area (Å²) in [7, 11) is 0. The number of carbonyl (C=O) groups excluding carboxylic acids is 1. The minimum Gasteiger partial charge on any atom is -0.478 e. The molecule has 0 fully saturated rings. The molecule has 20 heavy (non-hydrogen) atoms. The first-order valence-electron chi connectivity index (χ1n) is 7.17. The third-order valence-electron chi connectivity index (χ3n) is 3.03. The molecule has 0 radical (unpaired) electrons. The van der Waals surface area contributed by atoms with Crippen LogP contribution in [0.2, 0.25) is 5.02 Å². The summed E-state index contributed by atoms with van der Waals surface area (Å²) in [5.74, 6) is 0.391. The van der Waals surface area contributed by atoms with Crippen LogP contribution in [0.4, 0.5) is 0 Å². The Morgan fingerprint density at radius 3 is 2.65 bits per heavy atom. The highest BCUT2D eigenvalue weighted by Gasteiger charge is 2.22. The smallest absolute Gasteiger partial charge is 0.347 e. The Hall–Kier alpha value is -1.22. The van der Waals surface area contributed by atoms with Gasteiger partial charge in [0.1, 0.15) is 5.75 Å². The predicted octanol–water partition coefficient (Wildman–Crippen LogP) is 4.54. The van der Waals surface area contributed by atoms with Crippen LogP contribution in [0.1, 0.15) is 45.1 Å². The second-order valence-corrected chi connectivity index (χ2v) is 5.20. The largest absolute Gasteiger partial charge is 0.478 e. The van der Waals surface area contributed by atoms with Crippen LogP contribution in [0.3, 0.4) is 0 Å². The first-order valence-corrected chi connectivity index (χ1v) is 7.55. The van der Waals surface area contributed by atoms with Gasteiger partial charge < -0.3 is 9.47 Å². The highest BCUT2D eigenvalue weighted by atomic mass is 35.5. The van der Waals surface area contributed by atoms with Gasteiger partial charge in [-0.2, -0.15) is 0 Å². The number of unbranched alkanes of at least 4 members (excludes halogenated alkanes) is 2. The molecule has 0 aliphatic heterocycles. The van der Waals surface area contributed by atoms with Crippen molar-refractivity contribution in [3.8, 4) is 5.75 Å². The lowest BCUT2D eigenvalue weighted by atomic mass is 10.1. The van der Waals surface area contributed by atoms with Crippen molar-refractivity contribution in [3.63, 3.8) is 0 Å². The second-order valence-electron chi connectivity index (χ2n) is 4.76. The van der Waals surface area contributed by atoms with Gasteiger partial charge in [0.15, 0.2) is 6.10 Å². The van der Waals surface area contributed by atoms with Gasteiger partial charge in [0.25, 0.3) is 0 Å². The van der Waals surface area contributed by atoms with E-state index in [9.17, 15) is 4.79 Å². The highest BCUT2D eigenvalue weighted by Crippen LogP contribution is 2.24. The lowest BCUT2D eigenvalue weighted by Gasteiger charge is -2.19. The second kappa shape index (κ2) is 8.85. The number of hydrogen-bond acceptors (Lipinski definition) is 3. The van der Waals surface area contributed by atoms with E-state index in [0.29, 0.717) is 23.8 Å². The molecule has 0 aromatic heterocycles. The number of aryl methyl sites for hydroxylation is 1. The van der Waals surface area contributed by atoms with Crippen LogP contribution in [-0.2, 0) is 9.53 Å². The number of esters is 1. The van der Waals surface area contributed by atoms with E-state index in [2.05, 4.69) is 6.92 Å². The maximum atomic E-state index is 11.9. The van der Waals surface area contributed by atoms with E-state index in [1.54, 1.807) is 19.1 Å². The van der Waals surface area contributed by atoms with E-state index in [0.717, 1.165) is 24.8 Å². The number of ether oxygens (including phenoxy) is 2. The predicted molar refractivity (Wildman–Crippen MR) is 81.4 cm³/mol. The van der Waals surface area contributed by atoms with Gasteiger partial charge in [0.05, 0.1) is 6.61 Å². The maximum Gasteiger partial charge on any atom is 0.347 e. The van der Waals surface area contributed by atoms with Gasteiger partial charge in [-0.25, -0.2) is 4.79 Å². The van der Waals surface area contributed by atoms with Gasteiger partial charge >= 0.3 is 5.97 Å². The fraction of sp³-hybridized carbons (Fsp3) is 0.562. The average molecular weight is 299 g/mol. The monoisotopic (exact) mass is 298 g/mol. The average Bonchev–Trinajstić information content (AvgIpc) is 2.40. The summed E-state index contributed by atoms with van der Waals surface area (Å²) in [4.78, 5) is 11.9. The van der Waals surface area contributed by atoms with E-state index in [-0.39, 0.29) is 5.97 Å². The van der Waals surface area contributed by atoms with Crippen LogP contribution in [0.25, 0.3) is 0 Å². The van der Waals surface area contributed by atoms with Crippen molar-refractivity contribution in [1.82, 2.24) is 0 Å². The first-order chi connectivity index (χ1) is 9.58. The lowest BCUT2D eigenvalue weighted by molar-refractivity contribution is -0.151. The van der Waals surface area contributed by atoms with Crippen molar-refractivity contribution in [2.75, 3.05) is 6.61 Å². The Balaban J connectivity index is 2.74. The first kappa shape index (κ1) is 16.8. The summed E-state index contributed by atoms with van der Waals surface area (Å²) in [6.07, 6.45) is 3.27. The molecule has 0 aliphatic carbocycles. The molecule has 1 aromatic carbocycles. The van der Waals surface area contributed by atoms with Crippen LogP contribution in [-0.4, -0.2) is 18.7 Å². The van der Waals surface area contributed by atoms with E-state index < -0.39 is 6.10 Å². The molecule has 1 atom stereocenters. The summed E-state index contributed by atoms with van der Waals surface area (Å²) >= 11 is 5.92. The van der Waals surface area contributed by atoms with Crippen molar-refractivity contribution in [2.24, 2.45) is 0 Å². The van der Waals surface area contributed by atoms with Crippen LogP contribution < -0.4 is 4.74 Å². The van der Waals surface area contributed by atoms with Gasteiger partial charge in [-0.1, -0.05) is 31.4 Å². The molecule has 1 rings (SSSR count). The molecule has 0 bridgehead atoms. The zero-order chi connectivity index (χ0) is 15.0. The normalized spacial score (nSPS) is 12.0. The fourth-order valence-electron chi connectivity index (χ4n) is 1.94. The molecule has 4 heteroatoms. The summed E-state index contributed by atoms with van der Waals surface area (Å²) < 4.78 is 10.9. The van der Waals surface area contributed by atoms with Gasteiger partial charge in [-0.05, 0) is 50.5 Å². The van der Waals surface area contributed by atoms with Crippen LogP contribution in [0.5, 0.6) is 5.75 Å². The SMILES string of the molecule is CCCCCC(Oc1ccc(Cl)cc1C)C(=O)OCC. The van der Waals surface area contributed by atoms with E-state index in [4.69, 9.17) is 21.1 Å². The molecule has 1 aromatic rings. The summed E-state index contributed by atoms with van der Waals surface area (Å²) in [5, 5.41) is 0.661. The minimum atomic E-state index is -0.540. The molecular formula is C16H23ClO3. The highest BCUT2D eigenvalue weighted by molar-refractivity contribution is 6.30. The van der Waals surface area contributed by atoms with Crippen molar-refractivity contribution in [1.29, 1.82) is 0 Å². The molecule has 112 valence electrons. The summed E-state index contributed by atoms with van der Waals surface area (Å²) in [6.45, 7) is 6.21. The number of halogens is 1. The van der Waals surface area contributed by atoms with Crippen LogP contribution in [0.15, 0.2) is 18.2 Å². The van der Waals surface area contributed by atoms with Gasteiger partial charge in [0.2, 0.25) is 0 Å². The Morgan fingerprint density at radius 1 is 1.30 bits per heavy atom. The number of benzene rings is 1. The third kappa shape index (κ3) is 5.41. The molecule has 3 nitrogen and oxygen atoms in total.